The molecule has 9 heteroatoms. The summed E-state index contributed by atoms with van der Waals surface area (Å²) in [7, 11) is -2.51. The molecule has 3 N–H and O–H groups in total. The molecule has 0 fully saturated rings. The number of carbonyl (C=O) groups is 1. The number of benzene rings is 2. The van der Waals surface area contributed by atoms with Crippen LogP contribution in [-0.4, -0.2) is 38.8 Å². The van der Waals surface area contributed by atoms with Crippen LogP contribution in [0.2, 0.25) is 5.02 Å². The number of sulfonamides is 1. The first-order chi connectivity index (χ1) is 12.4. The number of carbonyl (C=O) groups excluding carboxylic acids is 1. The largest absolute Gasteiger partial charge is 0.495 e. The SMILES string of the molecule is COc1ccc(S(=O)(=O)N(CCc2ccccc2)CC(=O)NN)cc1Cl. The fraction of sp³-hybridized carbons (Fsp3) is 0.235. The number of nitrogens with zero attached hydrogens (tertiary/aromatic N) is 1. The molecule has 7 nitrogen and oxygen atoms in total. The highest BCUT2D eigenvalue weighted by Crippen LogP contribution is 2.28. The first-order valence-corrected chi connectivity index (χ1v) is 9.57. The zero-order valence-corrected chi connectivity index (χ0v) is 15.8. The maximum atomic E-state index is 13.0. The maximum Gasteiger partial charge on any atom is 0.249 e. The molecule has 0 saturated carbocycles. The fourth-order valence-corrected chi connectivity index (χ4v) is 4.09. The lowest BCUT2D eigenvalue weighted by atomic mass is 10.1. The van der Waals surface area contributed by atoms with E-state index >= 15 is 0 Å². The summed E-state index contributed by atoms with van der Waals surface area (Å²) in [5, 5.41) is 0.167. The Labute approximate surface area is 157 Å². The van der Waals surface area contributed by atoms with Crippen molar-refractivity contribution >= 4 is 27.5 Å². The highest BCUT2D eigenvalue weighted by atomic mass is 35.5. The van der Waals surface area contributed by atoms with Gasteiger partial charge >= 0.3 is 0 Å². The third-order valence-electron chi connectivity index (χ3n) is 3.73. The highest BCUT2D eigenvalue weighted by Gasteiger charge is 2.27. The van der Waals surface area contributed by atoms with Gasteiger partial charge in [0.15, 0.2) is 0 Å². The Morgan fingerprint density at radius 1 is 1.23 bits per heavy atom. The molecular weight excluding hydrogens is 378 g/mol. The van der Waals surface area contributed by atoms with E-state index in [4.69, 9.17) is 22.2 Å². The molecule has 0 aliphatic heterocycles. The second-order valence-corrected chi connectivity index (χ2v) is 7.78. The number of methoxy groups -OCH3 is 1. The average molecular weight is 398 g/mol. The minimum atomic E-state index is -3.95. The van der Waals surface area contributed by atoms with E-state index in [9.17, 15) is 13.2 Å². The molecule has 2 rings (SSSR count). The van der Waals surface area contributed by atoms with Crippen molar-refractivity contribution in [1.82, 2.24) is 9.73 Å². The lowest BCUT2D eigenvalue weighted by molar-refractivity contribution is -0.121. The Kier molecular flexibility index (Phi) is 6.98. The van der Waals surface area contributed by atoms with Crippen molar-refractivity contribution in [2.24, 2.45) is 5.84 Å². The molecule has 1 amide bonds. The topological polar surface area (TPSA) is 102 Å². The normalized spacial score (nSPS) is 11.4. The van der Waals surface area contributed by atoms with Crippen LogP contribution in [0.3, 0.4) is 0 Å². The molecule has 26 heavy (non-hydrogen) atoms. The molecule has 2 aromatic carbocycles. The minimum absolute atomic E-state index is 0.0267. The standard InChI is InChI=1S/C17H20ClN3O4S/c1-25-16-8-7-14(11-15(16)18)26(23,24)21(12-17(22)20-19)10-9-13-5-3-2-4-6-13/h2-8,11H,9-10,12,19H2,1H3,(H,20,22). The first kappa shape index (κ1) is 20.2. The van der Waals surface area contributed by atoms with E-state index in [2.05, 4.69) is 0 Å². The molecule has 140 valence electrons. The molecule has 0 radical (unpaired) electrons. The molecule has 0 unspecified atom stereocenters. The van der Waals surface area contributed by atoms with Crippen LogP contribution >= 0.6 is 11.6 Å². The Morgan fingerprint density at radius 3 is 2.50 bits per heavy atom. The van der Waals surface area contributed by atoms with Gasteiger partial charge in [-0.2, -0.15) is 4.31 Å². The quantitative estimate of drug-likeness (QED) is 0.400. The van der Waals surface area contributed by atoms with Crippen LogP contribution in [0.15, 0.2) is 53.4 Å². The van der Waals surface area contributed by atoms with Crippen molar-refractivity contribution in [1.29, 1.82) is 0 Å². The van der Waals surface area contributed by atoms with Gasteiger partial charge in [-0.3, -0.25) is 10.2 Å². The van der Waals surface area contributed by atoms with E-state index < -0.39 is 22.5 Å². The van der Waals surface area contributed by atoms with E-state index in [1.54, 1.807) is 0 Å². The zero-order valence-electron chi connectivity index (χ0n) is 14.2. The van der Waals surface area contributed by atoms with Gasteiger partial charge in [0.25, 0.3) is 0 Å². The van der Waals surface area contributed by atoms with Gasteiger partial charge in [-0.25, -0.2) is 14.3 Å². The highest BCUT2D eigenvalue weighted by molar-refractivity contribution is 7.89. The van der Waals surface area contributed by atoms with E-state index in [-0.39, 0.29) is 16.5 Å². The molecule has 0 bridgehead atoms. The summed E-state index contributed by atoms with van der Waals surface area (Å²) in [5.41, 5.74) is 2.91. The van der Waals surface area contributed by atoms with Crippen LogP contribution < -0.4 is 16.0 Å². The molecule has 0 saturated heterocycles. The van der Waals surface area contributed by atoms with Gasteiger partial charge in [0.1, 0.15) is 5.75 Å². The van der Waals surface area contributed by atoms with E-state index in [0.29, 0.717) is 12.2 Å². The summed E-state index contributed by atoms with van der Waals surface area (Å²) in [6.07, 6.45) is 0.446. The zero-order chi connectivity index (χ0) is 19.2. The van der Waals surface area contributed by atoms with E-state index in [0.717, 1.165) is 9.87 Å². The Balaban J connectivity index is 2.29. The van der Waals surface area contributed by atoms with Crippen molar-refractivity contribution in [3.8, 4) is 5.75 Å². The Bertz CT molecular complexity index is 860. The van der Waals surface area contributed by atoms with Crippen molar-refractivity contribution in [2.45, 2.75) is 11.3 Å². The second-order valence-electron chi connectivity index (χ2n) is 5.44. The van der Waals surface area contributed by atoms with Crippen LogP contribution in [-0.2, 0) is 21.2 Å². The van der Waals surface area contributed by atoms with Gasteiger partial charge in [-0.05, 0) is 30.2 Å². The number of nitrogens with two attached hydrogens (primary N) is 1. The van der Waals surface area contributed by atoms with Gasteiger partial charge in [0.2, 0.25) is 15.9 Å². The third-order valence-corrected chi connectivity index (χ3v) is 5.87. The third kappa shape index (κ3) is 4.95. The summed E-state index contributed by atoms with van der Waals surface area (Å²) in [6.45, 7) is -0.279. The summed E-state index contributed by atoms with van der Waals surface area (Å²) in [6, 6.07) is 13.5. The summed E-state index contributed by atoms with van der Waals surface area (Å²) in [4.78, 5) is 11.7. The monoisotopic (exact) mass is 397 g/mol. The predicted molar refractivity (Wildman–Crippen MR) is 99.2 cm³/mol. The number of ether oxygens (including phenoxy) is 1. The van der Waals surface area contributed by atoms with E-state index in [1.165, 1.54) is 25.3 Å². The first-order valence-electron chi connectivity index (χ1n) is 7.75. The van der Waals surface area contributed by atoms with Gasteiger partial charge in [-0.1, -0.05) is 41.9 Å². The number of halogens is 1. The smallest absolute Gasteiger partial charge is 0.249 e. The van der Waals surface area contributed by atoms with Crippen LogP contribution in [0.5, 0.6) is 5.75 Å². The fourth-order valence-electron chi connectivity index (χ4n) is 2.35. The van der Waals surface area contributed by atoms with Gasteiger partial charge in [-0.15, -0.1) is 0 Å². The van der Waals surface area contributed by atoms with Crippen LogP contribution in [0, 0.1) is 0 Å². The average Bonchev–Trinajstić information content (AvgIpc) is 2.65. The summed E-state index contributed by atoms with van der Waals surface area (Å²) >= 11 is 6.04. The van der Waals surface area contributed by atoms with Crippen molar-refractivity contribution in [3.63, 3.8) is 0 Å². The lowest BCUT2D eigenvalue weighted by Gasteiger charge is -2.22. The number of hydrogen-bond donors (Lipinski definition) is 2. The maximum absolute atomic E-state index is 13.0. The molecule has 0 heterocycles. The molecule has 0 aliphatic carbocycles. The number of nitrogens with one attached hydrogen (secondary N) is 1. The van der Waals surface area contributed by atoms with Gasteiger partial charge in [0.05, 0.1) is 23.6 Å². The number of hydrazine groups is 1. The molecule has 0 aromatic heterocycles. The van der Waals surface area contributed by atoms with Gasteiger partial charge in [0, 0.05) is 6.54 Å². The van der Waals surface area contributed by atoms with Crippen molar-refractivity contribution in [3.05, 3.63) is 59.1 Å². The van der Waals surface area contributed by atoms with Gasteiger partial charge < -0.3 is 4.74 Å². The van der Waals surface area contributed by atoms with Crippen molar-refractivity contribution in [2.75, 3.05) is 20.2 Å². The van der Waals surface area contributed by atoms with E-state index in [1.807, 2.05) is 35.8 Å². The van der Waals surface area contributed by atoms with Crippen molar-refractivity contribution < 1.29 is 17.9 Å². The summed E-state index contributed by atoms with van der Waals surface area (Å²) < 4.78 is 32.0. The lowest BCUT2D eigenvalue weighted by Crippen LogP contribution is -2.43. The second kappa shape index (κ2) is 9.00. The molecule has 0 spiro atoms. The van der Waals surface area contributed by atoms with Crippen LogP contribution in [0.1, 0.15) is 5.56 Å². The summed E-state index contributed by atoms with van der Waals surface area (Å²) in [5.74, 6) is 4.87. The molecule has 0 aliphatic rings. The molecular formula is C17H20ClN3O4S. The molecule has 2 aromatic rings. The Morgan fingerprint density at radius 2 is 1.92 bits per heavy atom. The Hall–Kier alpha value is -2.13. The number of rotatable bonds is 8. The predicted octanol–water partition coefficient (Wildman–Crippen LogP) is 1.57. The van der Waals surface area contributed by atoms with Crippen LogP contribution in [0.4, 0.5) is 0 Å². The van der Waals surface area contributed by atoms with Crippen LogP contribution in [0.25, 0.3) is 0 Å². The minimum Gasteiger partial charge on any atom is -0.495 e. The number of amides is 1. The number of hydrogen-bond acceptors (Lipinski definition) is 5. The molecule has 0 atom stereocenters.